The van der Waals surface area contributed by atoms with Gasteiger partial charge < -0.3 is 9.47 Å². The maximum Gasteiger partial charge on any atom is 0.216 e. The lowest BCUT2D eigenvalue weighted by atomic mass is 10.2. The normalized spacial score (nSPS) is 15.0. The highest BCUT2D eigenvalue weighted by Gasteiger charge is 2.10. The van der Waals surface area contributed by atoms with Crippen LogP contribution in [-0.2, 0) is 4.74 Å². The first-order chi connectivity index (χ1) is 6.40. The van der Waals surface area contributed by atoms with Crippen LogP contribution >= 0.6 is 0 Å². The second-order valence-corrected chi connectivity index (χ2v) is 2.77. The van der Waals surface area contributed by atoms with Gasteiger partial charge in [-0.1, -0.05) is 6.07 Å². The molecule has 0 aliphatic carbocycles. The molecule has 1 aliphatic rings. The Kier molecular flexibility index (Phi) is 2.17. The molecule has 0 saturated heterocycles. The molecule has 0 radical (unpaired) electrons. The zero-order valence-corrected chi connectivity index (χ0v) is 7.49. The van der Waals surface area contributed by atoms with E-state index in [1.165, 1.54) is 0 Å². The van der Waals surface area contributed by atoms with Crippen LogP contribution in [-0.4, -0.2) is 26.2 Å². The molecule has 0 aromatic heterocycles. The molecule has 1 aliphatic heterocycles. The number of hydrogen-bond donors (Lipinski definition) is 0. The number of benzene rings is 1. The van der Waals surface area contributed by atoms with Gasteiger partial charge in [0, 0.05) is 5.56 Å². The molecule has 68 valence electrons. The van der Waals surface area contributed by atoms with Crippen molar-refractivity contribution in [3.8, 4) is 5.75 Å². The van der Waals surface area contributed by atoms with E-state index in [4.69, 9.17) is 9.47 Å². The smallest absolute Gasteiger partial charge is 0.216 e. The van der Waals surface area contributed by atoms with Gasteiger partial charge in [0.15, 0.2) is 0 Å². The van der Waals surface area contributed by atoms with Crippen molar-refractivity contribution < 1.29 is 9.47 Å². The van der Waals surface area contributed by atoms with Gasteiger partial charge in [-0.2, -0.15) is 0 Å². The fourth-order valence-electron chi connectivity index (χ4n) is 1.27. The second-order valence-electron chi connectivity index (χ2n) is 2.77. The summed E-state index contributed by atoms with van der Waals surface area (Å²) in [5.41, 5.74) is 0.983. The Morgan fingerprint density at radius 2 is 2.38 bits per heavy atom. The van der Waals surface area contributed by atoms with E-state index in [0.717, 1.165) is 23.8 Å². The van der Waals surface area contributed by atoms with Crippen LogP contribution in [0.15, 0.2) is 29.3 Å². The molecular formula is C10H11NO2. The highest BCUT2D eigenvalue weighted by molar-refractivity contribution is 5.95. The van der Waals surface area contributed by atoms with Crippen LogP contribution in [0.2, 0.25) is 0 Å². The molecule has 0 amide bonds. The predicted octanol–water partition coefficient (Wildman–Crippen LogP) is 1.47. The summed E-state index contributed by atoms with van der Waals surface area (Å²) < 4.78 is 10.4. The Labute approximate surface area is 77.0 Å². The highest BCUT2D eigenvalue weighted by atomic mass is 16.5. The Balaban J connectivity index is 2.29. The zero-order chi connectivity index (χ0) is 9.10. The molecule has 0 bridgehead atoms. The van der Waals surface area contributed by atoms with Gasteiger partial charge in [0.1, 0.15) is 12.4 Å². The van der Waals surface area contributed by atoms with E-state index in [2.05, 4.69) is 4.99 Å². The van der Waals surface area contributed by atoms with E-state index < -0.39 is 0 Å². The molecule has 0 spiro atoms. The van der Waals surface area contributed by atoms with Gasteiger partial charge in [-0.25, -0.2) is 4.99 Å². The molecule has 0 fully saturated rings. The van der Waals surface area contributed by atoms with Crippen molar-refractivity contribution in [1.29, 1.82) is 0 Å². The van der Waals surface area contributed by atoms with Gasteiger partial charge in [-0.3, -0.25) is 0 Å². The van der Waals surface area contributed by atoms with Crippen molar-refractivity contribution in [2.75, 3.05) is 20.3 Å². The Morgan fingerprint density at radius 1 is 1.46 bits per heavy atom. The van der Waals surface area contributed by atoms with E-state index >= 15 is 0 Å². The summed E-state index contributed by atoms with van der Waals surface area (Å²) in [6.07, 6.45) is 0. The van der Waals surface area contributed by atoms with Gasteiger partial charge in [-0.15, -0.1) is 0 Å². The molecule has 13 heavy (non-hydrogen) atoms. The molecule has 3 nitrogen and oxygen atoms in total. The Hall–Kier alpha value is -1.51. The first-order valence-corrected chi connectivity index (χ1v) is 4.22. The third-order valence-electron chi connectivity index (χ3n) is 1.90. The van der Waals surface area contributed by atoms with Crippen LogP contribution in [0.4, 0.5) is 0 Å². The van der Waals surface area contributed by atoms with Crippen LogP contribution < -0.4 is 4.74 Å². The van der Waals surface area contributed by atoms with E-state index in [1.54, 1.807) is 7.11 Å². The minimum absolute atomic E-state index is 0.687. The maximum atomic E-state index is 5.33. The number of hydrogen-bond acceptors (Lipinski definition) is 3. The third-order valence-corrected chi connectivity index (χ3v) is 1.90. The molecule has 1 aromatic rings. The van der Waals surface area contributed by atoms with Crippen molar-refractivity contribution in [1.82, 2.24) is 0 Å². The minimum Gasteiger partial charge on any atom is -0.497 e. The first-order valence-electron chi connectivity index (χ1n) is 4.22. The molecule has 0 saturated carbocycles. The molecule has 2 rings (SSSR count). The monoisotopic (exact) mass is 177 g/mol. The lowest BCUT2D eigenvalue weighted by Gasteiger charge is -2.03. The second kappa shape index (κ2) is 3.47. The fourth-order valence-corrected chi connectivity index (χ4v) is 1.27. The maximum absolute atomic E-state index is 5.33. The predicted molar refractivity (Wildman–Crippen MR) is 50.4 cm³/mol. The number of methoxy groups -OCH3 is 1. The number of aliphatic imine (C=N–C) groups is 1. The average Bonchev–Trinajstić information content (AvgIpc) is 2.71. The van der Waals surface area contributed by atoms with Crippen LogP contribution in [0, 0.1) is 0 Å². The topological polar surface area (TPSA) is 30.8 Å². The van der Waals surface area contributed by atoms with E-state index in [1.807, 2.05) is 24.3 Å². The van der Waals surface area contributed by atoms with Gasteiger partial charge in [0.2, 0.25) is 5.90 Å². The van der Waals surface area contributed by atoms with Crippen molar-refractivity contribution in [2.45, 2.75) is 0 Å². The lowest BCUT2D eigenvalue weighted by molar-refractivity contribution is 0.348. The van der Waals surface area contributed by atoms with E-state index in [-0.39, 0.29) is 0 Å². The third kappa shape index (κ3) is 1.64. The summed E-state index contributed by atoms with van der Waals surface area (Å²) in [4.78, 5) is 4.22. The number of nitrogens with zero attached hydrogens (tertiary/aromatic N) is 1. The molecular weight excluding hydrogens is 166 g/mol. The standard InChI is InChI=1S/C10H11NO2/c1-12-9-4-2-3-8(7-9)10-11-5-6-13-10/h2-4,7H,5-6H2,1H3. The molecule has 0 N–H and O–H groups in total. The van der Waals surface area contributed by atoms with Crippen molar-refractivity contribution in [3.05, 3.63) is 29.8 Å². The highest BCUT2D eigenvalue weighted by Crippen LogP contribution is 2.15. The number of rotatable bonds is 2. The summed E-state index contributed by atoms with van der Waals surface area (Å²) in [7, 11) is 1.65. The average molecular weight is 177 g/mol. The zero-order valence-electron chi connectivity index (χ0n) is 7.49. The van der Waals surface area contributed by atoms with Crippen LogP contribution in [0.1, 0.15) is 5.56 Å². The largest absolute Gasteiger partial charge is 0.497 e. The number of ether oxygens (including phenoxy) is 2. The summed E-state index contributed by atoms with van der Waals surface area (Å²) in [6, 6.07) is 7.72. The Morgan fingerprint density at radius 3 is 3.08 bits per heavy atom. The van der Waals surface area contributed by atoms with Crippen molar-refractivity contribution in [2.24, 2.45) is 4.99 Å². The minimum atomic E-state index is 0.687. The Bertz CT molecular complexity index is 333. The van der Waals surface area contributed by atoms with Gasteiger partial charge in [0.05, 0.1) is 13.7 Å². The van der Waals surface area contributed by atoms with Crippen LogP contribution in [0.25, 0.3) is 0 Å². The van der Waals surface area contributed by atoms with Crippen molar-refractivity contribution in [3.63, 3.8) is 0 Å². The van der Waals surface area contributed by atoms with E-state index in [0.29, 0.717) is 6.61 Å². The van der Waals surface area contributed by atoms with Gasteiger partial charge in [0.25, 0.3) is 0 Å². The molecule has 0 unspecified atom stereocenters. The summed E-state index contributed by atoms with van der Waals surface area (Å²) in [5, 5.41) is 0. The SMILES string of the molecule is COc1cccc(C2=NCCO2)c1. The quantitative estimate of drug-likeness (QED) is 0.685. The van der Waals surface area contributed by atoms with Gasteiger partial charge >= 0.3 is 0 Å². The van der Waals surface area contributed by atoms with Crippen LogP contribution in [0.3, 0.4) is 0 Å². The van der Waals surface area contributed by atoms with Crippen molar-refractivity contribution >= 4 is 5.90 Å². The first kappa shape index (κ1) is 8.10. The fraction of sp³-hybridized carbons (Fsp3) is 0.300. The van der Waals surface area contributed by atoms with E-state index in [9.17, 15) is 0 Å². The van der Waals surface area contributed by atoms with Crippen LogP contribution in [0.5, 0.6) is 5.75 Å². The summed E-state index contributed by atoms with van der Waals surface area (Å²) in [5.74, 6) is 1.55. The molecule has 0 atom stereocenters. The molecule has 1 heterocycles. The molecule has 1 aromatic carbocycles. The summed E-state index contributed by atoms with van der Waals surface area (Å²) >= 11 is 0. The summed E-state index contributed by atoms with van der Waals surface area (Å²) in [6.45, 7) is 1.44. The van der Waals surface area contributed by atoms with Gasteiger partial charge in [-0.05, 0) is 18.2 Å². The lowest BCUT2D eigenvalue weighted by Crippen LogP contribution is -2.00. The molecule has 3 heteroatoms.